The van der Waals surface area contributed by atoms with Crippen LogP contribution in [-0.2, 0) is 50.9 Å². The molecule has 19 nitrogen and oxygen atoms in total. The molecular formula is C43H81O19P3. The number of aliphatic hydroxyl groups excluding tert-OH is 3. The fraction of sp³-hybridized carbons (Fsp3) is 0.860. The smallest absolute Gasteiger partial charge is 0.462 e. The molecule has 0 amide bonds. The first-order valence-electron chi connectivity index (χ1n) is 23.6. The number of carbonyl (C=O) groups is 2. The molecule has 0 heterocycles. The minimum absolute atomic E-state index is 0.0115. The van der Waals surface area contributed by atoms with E-state index in [2.05, 4.69) is 47.2 Å². The Bertz CT molecular complexity index is 1470. The summed E-state index contributed by atoms with van der Waals surface area (Å²) in [7, 11) is -16.6. The van der Waals surface area contributed by atoms with Gasteiger partial charge in [0, 0.05) is 12.8 Å². The molecule has 8 atom stereocenters. The van der Waals surface area contributed by atoms with Gasteiger partial charge in [-0.3, -0.25) is 27.7 Å². The van der Waals surface area contributed by atoms with Crippen molar-refractivity contribution in [2.24, 2.45) is 0 Å². The highest BCUT2D eigenvalue weighted by molar-refractivity contribution is 7.47. The van der Waals surface area contributed by atoms with Crippen molar-refractivity contribution >= 4 is 35.4 Å². The van der Waals surface area contributed by atoms with Gasteiger partial charge in [-0.25, -0.2) is 13.7 Å². The van der Waals surface area contributed by atoms with Gasteiger partial charge in [0.15, 0.2) is 6.10 Å². The number of hydrogen-bond donors (Lipinski definition) is 8. The van der Waals surface area contributed by atoms with Gasteiger partial charge in [0.2, 0.25) is 0 Å². The zero-order chi connectivity index (χ0) is 48.6. The summed E-state index contributed by atoms with van der Waals surface area (Å²) in [6, 6.07) is 0. The minimum Gasteiger partial charge on any atom is -0.462 e. The van der Waals surface area contributed by atoms with Gasteiger partial charge in [0.25, 0.3) is 0 Å². The Balaban J connectivity index is 2.74. The summed E-state index contributed by atoms with van der Waals surface area (Å²) in [6.07, 6.45) is 17.7. The maximum Gasteiger partial charge on any atom is 0.472 e. The second-order valence-corrected chi connectivity index (χ2v) is 20.5. The summed E-state index contributed by atoms with van der Waals surface area (Å²) >= 11 is 0. The van der Waals surface area contributed by atoms with E-state index >= 15 is 0 Å². The van der Waals surface area contributed by atoms with Crippen LogP contribution in [0.1, 0.15) is 181 Å². The number of aliphatic hydroxyl groups is 3. The van der Waals surface area contributed by atoms with Crippen LogP contribution in [0.4, 0.5) is 0 Å². The molecule has 1 aliphatic rings. The first kappa shape index (κ1) is 61.6. The molecule has 1 aliphatic carbocycles. The minimum atomic E-state index is -5.60. The van der Waals surface area contributed by atoms with Crippen LogP contribution in [0.2, 0.25) is 0 Å². The molecule has 1 saturated carbocycles. The quantitative estimate of drug-likeness (QED) is 0.0124. The molecule has 0 aliphatic heterocycles. The monoisotopic (exact) mass is 994 g/mol. The molecule has 0 radical (unpaired) electrons. The molecular weight excluding hydrogens is 913 g/mol. The predicted molar refractivity (Wildman–Crippen MR) is 243 cm³/mol. The second kappa shape index (κ2) is 35.7. The average molecular weight is 995 g/mol. The van der Waals surface area contributed by atoms with Gasteiger partial charge in [-0.15, -0.1) is 0 Å². The van der Waals surface area contributed by atoms with E-state index in [9.17, 15) is 63.1 Å². The van der Waals surface area contributed by atoms with Crippen molar-refractivity contribution in [2.45, 2.75) is 224 Å². The van der Waals surface area contributed by atoms with Crippen molar-refractivity contribution in [1.29, 1.82) is 0 Å². The van der Waals surface area contributed by atoms with Crippen LogP contribution >= 0.6 is 23.5 Å². The Hall–Kier alpha value is -1.37. The first-order chi connectivity index (χ1) is 30.8. The molecule has 0 spiro atoms. The van der Waals surface area contributed by atoms with Crippen LogP contribution in [0.5, 0.6) is 0 Å². The molecule has 0 aromatic heterocycles. The number of hydrogen-bond acceptors (Lipinski definition) is 14. The normalized spacial score (nSPS) is 22.1. The highest BCUT2D eigenvalue weighted by Crippen LogP contribution is 2.51. The summed E-state index contributed by atoms with van der Waals surface area (Å²) in [6.45, 7) is 2.90. The summed E-state index contributed by atoms with van der Waals surface area (Å²) in [5.41, 5.74) is 0. The van der Waals surface area contributed by atoms with E-state index in [4.69, 9.17) is 18.5 Å². The zero-order valence-corrected chi connectivity index (χ0v) is 41.2. The fourth-order valence-electron chi connectivity index (χ4n) is 7.16. The van der Waals surface area contributed by atoms with E-state index < -0.39 is 91.3 Å². The molecule has 8 N–H and O–H groups in total. The Morgan fingerprint density at radius 3 is 1.28 bits per heavy atom. The molecule has 22 heteroatoms. The molecule has 0 aromatic rings. The first-order valence-corrected chi connectivity index (χ1v) is 28.2. The van der Waals surface area contributed by atoms with Crippen LogP contribution in [-0.4, -0.2) is 108 Å². The van der Waals surface area contributed by atoms with Gasteiger partial charge in [0.1, 0.15) is 43.2 Å². The highest BCUT2D eigenvalue weighted by atomic mass is 31.2. The average Bonchev–Trinajstić information content (AvgIpc) is 3.23. The van der Waals surface area contributed by atoms with E-state index in [0.717, 1.165) is 89.9 Å². The summed E-state index contributed by atoms with van der Waals surface area (Å²) in [5, 5.41) is 31.8. The standard InChI is InChI=1S/C43H81O19P3/c1-3-5-7-9-11-13-15-17-18-20-21-23-25-27-29-31-36(44)57-33-35(59-37(45)32-30-28-26-24-22-19-16-14-12-10-8-6-4-2)34-58-65(55,56)62-41-38(46)39(47)42(60-63(49,50)51)43(40(41)48)61-64(52,53)54/h13-16,35,38-43,46-48H,3-12,17-34H2,1-2H3,(H,55,56)(H2,49,50,51)(H2,52,53,54)/t35-,38?,39?,40?,41+,42?,43+/m1/s1. The van der Waals surface area contributed by atoms with Crippen molar-refractivity contribution in [3.8, 4) is 0 Å². The van der Waals surface area contributed by atoms with Gasteiger partial charge in [-0.2, -0.15) is 0 Å². The molecule has 5 unspecified atom stereocenters. The van der Waals surface area contributed by atoms with Gasteiger partial charge >= 0.3 is 35.4 Å². The van der Waals surface area contributed by atoms with E-state index in [1.807, 2.05) is 0 Å². The molecule has 65 heavy (non-hydrogen) atoms. The number of rotatable bonds is 40. The summed E-state index contributed by atoms with van der Waals surface area (Å²) < 4.78 is 65.4. The number of carbonyl (C=O) groups excluding carboxylic acids is 2. The number of phosphoric ester groups is 3. The highest BCUT2D eigenvalue weighted by Gasteiger charge is 2.56. The topological polar surface area (TPSA) is 303 Å². The summed E-state index contributed by atoms with van der Waals surface area (Å²) in [4.78, 5) is 73.1. The Labute approximate surface area is 386 Å². The van der Waals surface area contributed by atoms with E-state index in [1.54, 1.807) is 0 Å². The lowest BCUT2D eigenvalue weighted by atomic mass is 9.85. The van der Waals surface area contributed by atoms with Crippen molar-refractivity contribution in [2.75, 3.05) is 13.2 Å². The zero-order valence-electron chi connectivity index (χ0n) is 38.6. The number of ether oxygens (including phenoxy) is 2. The van der Waals surface area contributed by atoms with E-state index in [0.29, 0.717) is 12.8 Å². The second-order valence-electron chi connectivity index (χ2n) is 16.7. The number of phosphoric acid groups is 3. The van der Waals surface area contributed by atoms with E-state index in [1.165, 1.54) is 51.4 Å². The predicted octanol–water partition coefficient (Wildman–Crippen LogP) is 8.29. The van der Waals surface area contributed by atoms with Crippen LogP contribution in [0, 0.1) is 0 Å². The molecule has 382 valence electrons. The molecule has 1 rings (SSSR count). The Morgan fingerprint density at radius 1 is 0.477 bits per heavy atom. The third kappa shape index (κ3) is 32.1. The lowest BCUT2D eigenvalue weighted by molar-refractivity contribution is -0.213. The van der Waals surface area contributed by atoms with Crippen molar-refractivity contribution in [1.82, 2.24) is 0 Å². The number of allylic oxidation sites excluding steroid dienone is 4. The van der Waals surface area contributed by atoms with Crippen molar-refractivity contribution < 1.29 is 90.6 Å². The number of esters is 2. The largest absolute Gasteiger partial charge is 0.472 e. The summed E-state index contributed by atoms with van der Waals surface area (Å²) in [5.74, 6) is -1.31. The van der Waals surface area contributed by atoms with Gasteiger partial charge in [-0.05, 0) is 64.2 Å². The lowest BCUT2D eigenvalue weighted by Gasteiger charge is -2.44. The number of unbranched alkanes of at least 4 members (excludes halogenated alkanes) is 20. The molecule has 0 saturated heterocycles. The van der Waals surface area contributed by atoms with Crippen LogP contribution in [0.15, 0.2) is 24.3 Å². The van der Waals surface area contributed by atoms with Gasteiger partial charge < -0.3 is 49.3 Å². The van der Waals surface area contributed by atoms with Crippen LogP contribution in [0.3, 0.4) is 0 Å². The van der Waals surface area contributed by atoms with E-state index in [-0.39, 0.29) is 12.8 Å². The maximum absolute atomic E-state index is 13.1. The SMILES string of the molecule is CCCCCCC=CCCCCCCCCCC(=O)OC[C@H](COP(=O)(O)O[C@H]1C(O)C(O)C(OP(=O)(O)O)[C@@H](OP(=O)(O)O)C1O)OC(=O)CCCCCCCC=CCCCCCC. The third-order valence-corrected chi connectivity index (χ3v) is 12.8. The van der Waals surface area contributed by atoms with Gasteiger partial charge in [0.05, 0.1) is 6.61 Å². The fourth-order valence-corrected chi connectivity index (χ4v) is 9.26. The Morgan fingerprint density at radius 2 is 0.846 bits per heavy atom. The van der Waals surface area contributed by atoms with Crippen molar-refractivity contribution in [3.05, 3.63) is 24.3 Å². The van der Waals surface area contributed by atoms with Crippen LogP contribution in [0.25, 0.3) is 0 Å². The third-order valence-electron chi connectivity index (χ3n) is 10.7. The maximum atomic E-state index is 13.1. The molecule has 0 bridgehead atoms. The van der Waals surface area contributed by atoms with Crippen molar-refractivity contribution in [3.63, 3.8) is 0 Å². The Kier molecular flexibility index (Phi) is 33.9. The lowest BCUT2D eigenvalue weighted by Crippen LogP contribution is -2.65. The molecule has 1 fully saturated rings. The van der Waals surface area contributed by atoms with Crippen LogP contribution < -0.4 is 0 Å². The molecule has 0 aromatic carbocycles. The van der Waals surface area contributed by atoms with Gasteiger partial charge in [-0.1, -0.05) is 128 Å².